The van der Waals surface area contributed by atoms with Gasteiger partial charge in [-0.1, -0.05) is 224 Å². The summed E-state index contributed by atoms with van der Waals surface area (Å²) in [7, 11) is 0. The number of anilines is 5. The van der Waals surface area contributed by atoms with Crippen LogP contribution in [0.2, 0.25) is 0 Å². The second-order valence-corrected chi connectivity index (χ2v) is 23.1. The fourth-order valence-electron chi connectivity index (χ4n) is 12.3. The lowest BCUT2D eigenvalue weighted by Crippen LogP contribution is -2.12. The van der Waals surface area contributed by atoms with Crippen molar-refractivity contribution in [1.29, 1.82) is 0 Å². The highest BCUT2D eigenvalue weighted by atomic mass is 15.1. The summed E-state index contributed by atoms with van der Waals surface area (Å²) in [4.78, 5) is 6.57. The molecule has 14 aromatic rings. The number of benzene rings is 11. The highest BCUT2D eigenvalue weighted by molar-refractivity contribution is 6.29. The largest absolute Gasteiger partial charge is 0.354 e. The number of hydrogen-bond acceptors (Lipinski definition) is 2. The number of nitrogens with one attached hydrogen (secondary N) is 2. The van der Waals surface area contributed by atoms with Gasteiger partial charge >= 0.3 is 0 Å². The smallest absolute Gasteiger partial charge is 0.0641 e. The minimum Gasteiger partial charge on any atom is -0.354 e. The first-order valence-electron chi connectivity index (χ1n) is 27.3. The van der Waals surface area contributed by atoms with Crippen LogP contribution >= 0.6 is 0 Å². The Hall–Kier alpha value is -9.38. The number of nitrogens with zero attached hydrogens (tertiary/aromatic N) is 2. The third kappa shape index (κ3) is 7.73. The Morgan fingerprint density at radius 3 is 1.72 bits per heavy atom. The maximum Gasteiger partial charge on any atom is 0.0641 e. The van der Waals surface area contributed by atoms with Crippen LogP contribution in [0.4, 0.5) is 28.4 Å². The number of rotatable bonds is 9. The lowest BCUT2D eigenvalue weighted by atomic mass is 9.85. The standard InChI is InChI=1S/C74H60N4/c1-73(2,3)50-28-22-27-49(43-50)69-63(75-62-35-20-18-34-56(62)55-33-17-16-31-53(55)47-23-10-7-11-24-47)40-38-57-59-46-68-60(45-64(59)76-71(57)69)58-39-42-67(70-61-44-51(74(4,5)6)37-41-66(61)78(68)72(58)70)77(52-29-14-9-15-30-52)65-36-21-19-32-54(65)48-25-12-8-13-26-48/h7-46,75-76H,1-6H3. The molecule has 0 atom stereocenters. The van der Waals surface area contributed by atoms with Crippen molar-refractivity contribution in [1.82, 2.24) is 9.38 Å². The van der Waals surface area contributed by atoms with Gasteiger partial charge in [0.25, 0.3) is 0 Å². The average molecular weight is 1010 g/mol. The Balaban J connectivity index is 1.01. The first-order chi connectivity index (χ1) is 38.0. The van der Waals surface area contributed by atoms with Crippen molar-refractivity contribution in [3.63, 3.8) is 0 Å². The average Bonchev–Trinajstić information content (AvgIpc) is 3.91. The fraction of sp³-hybridized carbons (Fsp3) is 0.108. The third-order valence-electron chi connectivity index (χ3n) is 16.2. The predicted octanol–water partition coefficient (Wildman–Crippen LogP) is 20.9. The maximum absolute atomic E-state index is 4.09. The Bertz CT molecular complexity index is 4590. The van der Waals surface area contributed by atoms with E-state index in [1.807, 2.05) is 0 Å². The third-order valence-corrected chi connectivity index (χ3v) is 16.2. The molecule has 3 heterocycles. The summed E-state index contributed by atoms with van der Waals surface area (Å²) in [5.41, 5.74) is 23.2. The van der Waals surface area contributed by atoms with Gasteiger partial charge in [-0.2, -0.15) is 0 Å². The molecule has 4 nitrogen and oxygen atoms in total. The zero-order valence-corrected chi connectivity index (χ0v) is 45.0. The molecule has 78 heavy (non-hydrogen) atoms. The van der Waals surface area contributed by atoms with Crippen LogP contribution in [0, 0.1) is 0 Å². The summed E-state index contributed by atoms with van der Waals surface area (Å²) < 4.78 is 2.56. The number of aromatic amines is 1. The van der Waals surface area contributed by atoms with E-state index in [4.69, 9.17) is 0 Å². The highest BCUT2D eigenvalue weighted by Crippen LogP contribution is 2.51. The van der Waals surface area contributed by atoms with Gasteiger partial charge in [-0.25, -0.2) is 0 Å². The topological polar surface area (TPSA) is 35.5 Å². The van der Waals surface area contributed by atoms with E-state index in [9.17, 15) is 0 Å². The summed E-state index contributed by atoms with van der Waals surface area (Å²) in [6.45, 7) is 13.9. The molecule has 0 aliphatic heterocycles. The van der Waals surface area contributed by atoms with E-state index in [1.165, 1.54) is 93.4 Å². The van der Waals surface area contributed by atoms with Crippen molar-refractivity contribution in [3.8, 4) is 44.5 Å². The van der Waals surface area contributed by atoms with Crippen LogP contribution in [0.15, 0.2) is 243 Å². The highest BCUT2D eigenvalue weighted by Gasteiger charge is 2.28. The molecule has 0 spiro atoms. The zero-order chi connectivity index (χ0) is 52.9. The summed E-state index contributed by atoms with van der Waals surface area (Å²) in [5.74, 6) is 0. The van der Waals surface area contributed by atoms with E-state index in [1.54, 1.807) is 0 Å². The van der Waals surface area contributed by atoms with Gasteiger partial charge in [-0.15, -0.1) is 0 Å². The summed E-state index contributed by atoms with van der Waals surface area (Å²) in [6, 6.07) is 89.3. The zero-order valence-electron chi connectivity index (χ0n) is 45.0. The Morgan fingerprint density at radius 2 is 0.987 bits per heavy atom. The molecule has 2 N–H and O–H groups in total. The molecule has 0 aliphatic rings. The van der Waals surface area contributed by atoms with Crippen LogP contribution in [0.5, 0.6) is 0 Å². The second-order valence-electron chi connectivity index (χ2n) is 23.1. The van der Waals surface area contributed by atoms with Crippen molar-refractivity contribution < 1.29 is 0 Å². The van der Waals surface area contributed by atoms with E-state index < -0.39 is 0 Å². The number of H-pyrrole nitrogens is 1. The molecule has 376 valence electrons. The van der Waals surface area contributed by atoms with Crippen LogP contribution < -0.4 is 10.2 Å². The quantitative estimate of drug-likeness (QED) is 0.151. The van der Waals surface area contributed by atoms with Crippen LogP contribution in [-0.2, 0) is 10.8 Å². The first-order valence-corrected chi connectivity index (χ1v) is 27.3. The fourth-order valence-corrected chi connectivity index (χ4v) is 12.3. The van der Waals surface area contributed by atoms with Crippen LogP contribution in [0.25, 0.3) is 104 Å². The molecule has 0 saturated heterocycles. The lowest BCUT2D eigenvalue weighted by Gasteiger charge is -2.29. The van der Waals surface area contributed by atoms with Crippen molar-refractivity contribution in [2.75, 3.05) is 10.2 Å². The predicted molar refractivity (Wildman–Crippen MR) is 334 cm³/mol. The van der Waals surface area contributed by atoms with Gasteiger partial charge in [0.2, 0.25) is 0 Å². The Kier molecular flexibility index (Phi) is 11.0. The molecule has 0 aliphatic carbocycles. The molecule has 0 saturated carbocycles. The van der Waals surface area contributed by atoms with Crippen molar-refractivity contribution in [2.24, 2.45) is 0 Å². The van der Waals surface area contributed by atoms with Gasteiger partial charge in [0.1, 0.15) is 0 Å². The molecule has 4 heteroatoms. The van der Waals surface area contributed by atoms with Crippen LogP contribution in [-0.4, -0.2) is 9.38 Å². The van der Waals surface area contributed by atoms with Gasteiger partial charge in [0.05, 0.1) is 33.4 Å². The molecule has 11 aromatic carbocycles. The summed E-state index contributed by atoms with van der Waals surface area (Å²) in [5, 5.41) is 11.4. The molecule has 0 unspecified atom stereocenters. The van der Waals surface area contributed by atoms with Gasteiger partial charge in [-0.05, 0) is 110 Å². The number of para-hydroxylation sites is 3. The molecule has 3 aromatic heterocycles. The van der Waals surface area contributed by atoms with Crippen molar-refractivity contribution in [2.45, 2.75) is 52.4 Å². The van der Waals surface area contributed by atoms with Gasteiger partial charge in [0, 0.05) is 71.6 Å². The van der Waals surface area contributed by atoms with E-state index in [0.29, 0.717) is 0 Å². The minimum absolute atomic E-state index is 0.0400. The van der Waals surface area contributed by atoms with E-state index in [2.05, 4.69) is 304 Å². The monoisotopic (exact) mass is 1000 g/mol. The molecule has 0 fully saturated rings. The second kappa shape index (κ2) is 18.1. The summed E-state index contributed by atoms with van der Waals surface area (Å²) in [6.07, 6.45) is 0. The normalized spacial score (nSPS) is 12.2. The van der Waals surface area contributed by atoms with Crippen LogP contribution in [0.1, 0.15) is 52.7 Å². The molecule has 0 amide bonds. The molecule has 0 radical (unpaired) electrons. The maximum atomic E-state index is 4.09. The lowest BCUT2D eigenvalue weighted by molar-refractivity contribution is 0.590. The minimum atomic E-state index is -0.0514. The molecule has 0 bridgehead atoms. The van der Waals surface area contributed by atoms with E-state index >= 15 is 0 Å². The van der Waals surface area contributed by atoms with Gasteiger partial charge in [-0.3, -0.25) is 0 Å². The Morgan fingerprint density at radius 1 is 0.385 bits per heavy atom. The van der Waals surface area contributed by atoms with Crippen molar-refractivity contribution in [3.05, 3.63) is 254 Å². The van der Waals surface area contributed by atoms with Gasteiger partial charge < -0.3 is 19.6 Å². The number of hydrogen-bond donors (Lipinski definition) is 2. The van der Waals surface area contributed by atoms with Crippen LogP contribution in [0.3, 0.4) is 0 Å². The van der Waals surface area contributed by atoms with E-state index in [-0.39, 0.29) is 10.8 Å². The van der Waals surface area contributed by atoms with Gasteiger partial charge in [0.15, 0.2) is 0 Å². The SMILES string of the molecule is CC(C)(C)c1cccc(-c2c(Nc3ccccc3-c3ccccc3-c3ccccc3)ccc3c2[nH]c2cc4c5ccc(N(c6ccccc6)c6ccccc6-c6ccccc6)c6c7cc(C(C)(C)C)ccc7n(c4cc23)c56)c1. The van der Waals surface area contributed by atoms with E-state index in [0.717, 1.165) is 50.6 Å². The van der Waals surface area contributed by atoms with Crippen molar-refractivity contribution >= 4 is 88.3 Å². The number of aromatic nitrogens is 2. The molecule has 14 rings (SSSR count). The molecular weight excluding hydrogens is 945 g/mol. The number of fused-ring (bicyclic) bond motifs is 9. The molecular formula is C74H60N4. The first kappa shape index (κ1) is 47.1. The summed E-state index contributed by atoms with van der Waals surface area (Å²) >= 11 is 0. The Labute approximate surface area is 456 Å².